The first kappa shape index (κ1) is 10.8. The zero-order valence-corrected chi connectivity index (χ0v) is 8.39. The van der Waals surface area contributed by atoms with Gasteiger partial charge in [0, 0.05) is 6.20 Å². The van der Waals surface area contributed by atoms with Crippen LogP contribution in [0.25, 0.3) is 11.6 Å². The van der Waals surface area contributed by atoms with E-state index in [4.69, 9.17) is 4.42 Å². The molecule has 4 nitrogen and oxygen atoms in total. The molecular formula is C8H4F3N3OS. The second kappa shape index (κ2) is 3.71. The van der Waals surface area contributed by atoms with Crippen LogP contribution in [-0.4, -0.2) is 15.2 Å². The van der Waals surface area contributed by atoms with Crippen molar-refractivity contribution in [2.45, 2.75) is 6.18 Å². The second-order valence-electron chi connectivity index (χ2n) is 2.85. The van der Waals surface area contributed by atoms with Crippen LogP contribution in [0.4, 0.5) is 13.2 Å². The number of aromatic amines is 1. The van der Waals surface area contributed by atoms with Crippen molar-refractivity contribution < 1.29 is 17.6 Å². The van der Waals surface area contributed by atoms with Gasteiger partial charge in [-0.05, 0) is 24.4 Å². The Labute approximate surface area is 92.1 Å². The number of halogens is 3. The molecule has 2 rings (SSSR count). The third kappa shape index (κ3) is 2.11. The number of hydrogen-bond donors (Lipinski definition) is 1. The van der Waals surface area contributed by atoms with Crippen molar-refractivity contribution in [2.75, 3.05) is 0 Å². The van der Waals surface area contributed by atoms with Crippen LogP contribution in [0, 0.1) is 4.84 Å². The van der Waals surface area contributed by atoms with Gasteiger partial charge in [-0.3, -0.25) is 4.98 Å². The average molecular weight is 247 g/mol. The number of rotatable bonds is 1. The maximum atomic E-state index is 12.4. The molecule has 8 heteroatoms. The Morgan fingerprint density at radius 3 is 2.69 bits per heavy atom. The molecule has 16 heavy (non-hydrogen) atoms. The second-order valence-corrected chi connectivity index (χ2v) is 3.22. The summed E-state index contributed by atoms with van der Waals surface area (Å²) in [5.74, 6) is -0.0731. The largest absolute Gasteiger partial charge is 0.416 e. The molecule has 2 aromatic rings. The van der Waals surface area contributed by atoms with Crippen molar-refractivity contribution in [3.63, 3.8) is 0 Å². The Hall–Kier alpha value is -1.70. The van der Waals surface area contributed by atoms with Gasteiger partial charge < -0.3 is 4.42 Å². The lowest BCUT2D eigenvalue weighted by Gasteiger charge is -2.05. The van der Waals surface area contributed by atoms with Crippen LogP contribution in [0.15, 0.2) is 22.7 Å². The molecule has 0 aromatic carbocycles. The predicted molar refractivity (Wildman–Crippen MR) is 49.9 cm³/mol. The molecule has 2 heterocycles. The smallest absolute Gasteiger partial charge is 0.408 e. The number of alkyl halides is 3. The first-order chi connectivity index (χ1) is 7.47. The fourth-order valence-electron chi connectivity index (χ4n) is 1.06. The maximum absolute atomic E-state index is 12.4. The third-order valence-electron chi connectivity index (χ3n) is 1.74. The highest BCUT2D eigenvalue weighted by Crippen LogP contribution is 2.30. The van der Waals surface area contributed by atoms with E-state index in [1.165, 1.54) is 0 Å². The summed E-state index contributed by atoms with van der Waals surface area (Å²) in [6.45, 7) is 0. The summed E-state index contributed by atoms with van der Waals surface area (Å²) in [5, 5.41) is 5.89. The molecule has 0 aliphatic carbocycles. The van der Waals surface area contributed by atoms with Gasteiger partial charge in [-0.15, -0.1) is 5.10 Å². The Kier molecular flexibility index (Phi) is 2.50. The summed E-state index contributed by atoms with van der Waals surface area (Å²) < 4.78 is 42.0. The van der Waals surface area contributed by atoms with E-state index < -0.39 is 11.7 Å². The summed E-state index contributed by atoms with van der Waals surface area (Å²) in [5.41, 5.74) is -0.844. The van der Waals surface area contributed by atoms with Gasteiger partial charge in [0.15, 0.2) is 0 Å². The molecule has 0 fully saturated rings. The maximum Gasteiger partial charge on any atom is 0.416 e. The summed E-state index contributed by atoms with van der Waals surface area (Å²) in [7, 11) is 0. The monoisotopic (exact) mass is 247 g/mol. The van der Waals surface area contributed by atoms with Crippen LogP contribution in [0.5, 0.6) is 0 Å². The minimum absolute atomic E-state index is 0.0192. The van der Waals surface area contributed by atoms with E-state index in [2.05, 4.69) is 27.4 Å². The topological polar surface area (TPSA) is 54.7 Å². The van der Waals surface area contributed by atoms with Crippen LogP contribution in [-0.2, 0) is 6.18 Å². The predicted octanol–water partition coefficient (Wildman–Crippen LogP) is 2.81. The normalized spacial score (nSPS) is 11.7. The van der Waals surface area contributed by atoms with Gasteiger partial charge in [0.05, 0.1) is 5.56 Å². The van der Waals surface area contributed by atoms with Crippen LogP contribution in [0.2, 0.25) is 0 Å². The minimum atomic E-state index is -4.43. The van der Waals surface area contributed by atoms with Crippen molar-refractivity contribution in [3.05, 3.63) is 28.7 Å². The van der Waals surface area contributed by atoms with Gasteiger partial charge in [0.1, 0.15) is 5.69 Å². The van der Waals surface area contributed by atoms with Crippen molar-refractivity contribution in [1.29, 1.82) is 0 Å². The molecule has 0 saturated heterocycles. The summed E-state index contributed by atoms with van der Waals surface area (Å²) in [6, 6.07) is 1.71. The molecular weight excluding hydrogens is 243 g/mol. The molecule has 0 bridgehead atoms. The number of nitrogens with zero attached hydrogens (tertiary/aromatic N) is 2. The molecule has 0 spiro atoms. The Morgan fingerprint density at radius 1 is 1.38 bits per heavy atom. The van der Waals surface area contributed by atoms with Crippen LogP contribution < -0.4 is 0 Å². The van der Waals surface area contributed by atoms with Crippen molar-refractivity contribution in [1.82, 2.24) is 15.2 Å². The molecule has 0 amide bonds. The number of hydrogen-bond acceptors (Lipinski definition) is 4. The lowest BCUT2D eigenvalue weighted by molar-refractivity contribution is -0.137. The molecule has 1 N–H and O–H groups in total. The highest BCUT2D eigenvalue weighted by atomic mass is 32.1. The van der Waals surface area contributed by atoms with Crippen molar-refractivity contribution >= 4 is 12.2 Å². The van der Waals surface area contributed by atoms with Gasteiger partial charge in [-0.2, -0.15) is 13.2 Å². The summed E-state index contributed by atoms with van der Waals surface area (Å²) in [6.07, 6.45) is -3.39. The Balaban J connectivity index is 2.48. The fraction of sp³-hybridized carbons (Fsp3) is 0.125. The fourth-order valence-corrected chi connectivity index (χ4v) is 1.19. The number of aromatic nitrogens is 3. The first-order valence-corrected chi connectivity index (χ1v) is 4.47. The molecule has 0 radical (unpaired) electrons. The average Bonchev–Trinajstić information content (AvgIpc) is 2.64. The molecule has 2 aromatic heterocycles. The van der Waals surface area contributed by atoms with Gasteiger partial charge in [0.2, 0.25) is 0 Å². The zero-order chi connectivity index (χ0) is 11.8. The van der Waals surface area contributed by atoms with Gasteiger partial charge in [-0.25, -0.2) is 5.10 Å². The summed E-state index contributed by atoms with van der Waals surface area (Å²) >= 11 is 4.60. The third-order valence-corrected chi connectivity index (χ3v) is 1.92. The number of pyridine rings is 1. The SMILES string of the molecule is FC(F)(F)c1ccnc(-c2n[nH]c(=S)o2)c1. The Bertz CT molecular complexity index is 560. The molecule has 0 atom stereocenters. The lowest BCUT2D eigenvalue weighted by Crippen LogP contribution is -2.05. The molecule has 0 saturated carbocycles. The van der Waals surface area contributed by atoms with E-state index in [1.807, 2.05) is 0 Å². The van der Waals surface area contributed by atoms with E-state index in [0.29, 0.717) is 0 Å². The zero-order valence-electron chi connectivity index (χ0n) is 7.58. The summed E-state index contributed by atoms with van der Waals surface area (Å²) in [4.78, 5) is 3.69. The van der Waals surface area contributed by atoms with Crippen molar-refractivity contribution in [2.24, 2.45) is 0 Å². The minimum Gasteiger partial charge on any atom is -0.408 e. The standard InChI is InChI=1S/C8H4F3N3OS/c9-8(10,11)4-1-2-12-5(3-4)6-13-14-7(16)15-6/h1-3H,(H,14,16). The molecule has 0 unspecified atom stereocenters. The number of H-pyrrole nitrogens is 1. The molecule has 0 aliphatic heterocycles. The van der Waals surface area contributed by atoms with Crippen LogP contribution >= 0.6 is 12.2 Å². The molecule has 84 valence electrons. The van der Waals surface area contributed by atoms with E-state index in [9.17, 15) is 13.2 Å². The lowest BCUT2D eigenvalue weighted by atomic mass is 10.2. The van der Waals surface area contributed by atoms with E-state index in [1.54, 1.807) is 0 Å². The van der Waals surface area contributed by atoms with Gasteiger partial charge in [0.25, 0.3) is 10.7 Å². The highest BCUT2D eigenvalue weighted by molar-refractivity contribution is 7.71. The van der Waals surface area contributed by atoms with Crippen LogP contribution in [0.1, 0.15) is 5.56 Å². The Morgan fingerprint density at radius 2 is 2.12 bits per heavy atom. The van der Waals surface area contributed by atoms with Crippen LogP contribution in [0.3, 0.4) is 0 Å². The highest BCUT2D eigenvalue weighted by Gasteiger charge is 2.31. The van der Waals surface area contributed by atoms with Crippen molar-refractivity contribution in [3.8, 4) is 11.6 Å². The number of nitrogens with one attached hydrogen (secondary N) is 1. The van der Waals surface area contributed by atoms with E-state index in [0.717, 1.165) is 18.3 Å². The van der Waals surface area contributed by atoms with E-state index in [-0.39, 0.29) is 16.4 Å². The quantitative estimate of drug-likeness (QED) is 0.787. The van der Waals surface area contributed by atoms with Gasteiger partial charge in [-0.1, -0.05) is 0 Å². The first-order valence-electron chi connectivity index (χ1n) is 4.06. The molecule has 0 aliphatic rings. The van der Waals surface area contributed by atoms with E-state index >= 15 is 0 Å². The van der Waals surface area contributed by atoms with Gasteiger partial charge >= 0.3 is 6.18 Å².